The summed E-state index contributed by atoms with van der Waals surface area (Å²) in [4.78, 5) is 31.2. The maximum Gasteiger partial charge on any atom is 0.321 e. The van der Waals surface area contributed by atoms with Gasteiger partial charge in [-0.05, 0) is 36.2 Å². The molecule has 2 heterocycles. The molecule has 0 saturated carbocycles. The van der Waals surface area contributed by atoms with Crippen LogP contribution >= 0.6 is 0 Å². The van der Waals surface area contributed by atoms with Gasteiger partial charge in [0.05, 0.1) is 13.2 Å². The molecule has 1 N–H and O–H groups in total. The number of nitrogens with one attached hydrogen (secondary N) is 1. The van der Waals surface area contributed by atoms with E-state index in [4.69, 9.17) is 4.74 Å². The molecule has 2 aliphatic rings. The van der Waals surface area contributed by atoms with Crippen LogP contribution in [-0.2, 0) is 11.2 Å². The minimum atomic E-state index is -0.118. The second-order valence-electron chi connectivity index (χ2n) is 7.98. The lowest BCUT2D eigenvalue weighted by Gasteiger charge is -2.34. The van der Waals surface area contributed by atoms with Crippen molar-refractivity contribution in [1.29, 1.82) is 0 Å². The van der Waals surface area contributed by atoms with Gasteiger partial charge in [-0.1, -0.05) is 30.3 Å². The maximum absolute atomic E-state index is 12.6. The van der Waals surface area contributed by atoms with E-state index in [1.54, 1.807) is 4.90 Å². The van der Waals surface area contributed by atoms with Gasteiger partial charge < -0.3 is 19.9 Å². The van der Waals surface area contributed by atoms with Crippen molar-refractivity contribution in [2.45, 2.75) is 6.42 Å². The van der Waals surface area contributed by atoms with Gasteiger partial charge in [0.2, 0.25) is 0 Å². The van der Waals surface area contributed by atoms with Crippen LogP contribution in [0, 0.1) is 0 Å². The van der Waals surface area contributed by atoms with Crippen LogP contribution in [0.15, 0.2) is 54.6 Å². The highest BCUT2D eigenvalue weighted by Gasteiger charge is 2.24. The van der Waals surface area contributed by atoms with Crippen molar-refractivity contribution in [3.63, 3.8) is 0 Å². The van der Waals surface area contributed by atoms with Crippen LogP contribution in [0.4, 0.5) is 10.5 Å². The van der Waals surface area contributed by atoms with E-state index in [9.17, 15) is 9.59 Å². The number of ether oxygens (including phenoxy) is 1. The average Bonchev–Trinajstić information content (AvgIpc) is 2.84. The molecule has 2 saturated heterocycles. The molecule has 0 aliphatic carbocycles. The van der Waals surface area contributed by atoms with E-state index in [0.717, 1.165) is 45.0 Å². The highest BCUT2D eigenvalue weighted by Crippen LogP contribution is 2.14. The number of rotatable bonds is 5. The van der Waals surface area contributed by atoms with Gasteiger partial charge in [0, 0.05) is 57.1 Å². The number of urea groups is 1. The van der Waals surface area contributed by atoms with Gasteiger partial charge in [0.15, 0.2) is 0 Å². The summed E-state index contributed by atoms with van der Waals surface area (Å²) >= 11 is 0. The Morgan fingerprint density at radius 3 is 2.13 bits per heavy atom. The Kier molecular flexibility index (Phi) is 7.17. The molecule has 2 aromatic rings. The fraction of sp³-hybridized carbons (Fsp3) is 0.417. The quantitative estimate of drug-likeness (QED) is 0.804. The fourth-order valence-electron chi connectivity index (χ4n) is 3.95. The molecule has 2 aromatic carbocycles. The monoisotopic (exact) mass is 422 g/mol. The largest absolute Gasteiger partial charge is 0.379 e. The number of benzene rings is 2. The number of hydrogen-bond acceptors (Lipinski definition) is 4. The smallest absolute Gasteiger partial charge is 0.321 e. The molecule has 0 radical (unpaired) electrons. The molecule has 4 rings (SSSR count). The summed E-state index contributed by atoms with van der Waals surface area (Å²) in [7, 11) is 0. The highest BCUT2D eigenvalue weighted by atomic mass is 16.5. The van der Waals surface area contributed by atoms with Gasteiger partial charge in [0.1, 0.15) is 0 Å². The number of anilines is 1. The first-order chi connectivity index (χ1) is 15.2. The Labute approximate surface area is 183 Å². The zero-order chi connectivity index (χ0) is 21.5. The second kappa shape index (κ2) is 10.4. The Morgan fingerprint density at radius 1 is 0.806 bits per heavy atom. The van der Waals surface area contributed by atoms with Crippen LogP contribution in [0.1, 0.15) is 15.9 Å². The first kappa shape index (κ1) is 21.3. The molecular weight excluding hydrogens is 392 g/mol. The zero-order valence-corrected chi connectivity index (χ0v) is 17.8. The lowest BCUT2D eigenvalue weighted by atomic mass is 10.1. The van der Waals surface area contributed by atoms with E-state index in [-0.39, 0.29) is 11.9 Å². The van der Waals surface area contributed by atoms with Crippen LogP contribution in [0.2, 0.25) is 0 Å². The highest BCUT2D eigenvalue weighted by molar-refractivity contribution is 5.94. The van der Waals surface area contributed by atoms with Crippen molar-refractivity contribution in [2.75, 3.05) is 64.3 Å². The molecule has 0 atom stereocenters. The van der Waals surface area contributed by atoms with Gasteiger partial charge in [-0.25, -0.2) is 4.79 Å². The topological polar surface area (TPSA) is 65.1 Å². The molecule has 164 valence electrons. The van der Waals surface area contributed by atoms with E-state index in [2.05, 4.69) is 22.3 Å². The van der Waals surface area contributed by atoms with Crippen LogP contribution in [0.3, 0.4) is 0 Å². The summed E-state index contributed by atoms with van der Waals surface area (Å²) in [6, 6.07) is 17.2. The fourth-order valence-corrected chi connectivity index (χ4v) is 3.95. The van der Waals surface area contributed by atoms with Crippen LogP contribution < -0.4 is 5.32 Å². The van der Waals surface area contributed by atoms with Gasteiger partial charge in [-0.3, -0.25) is 9.69 Å². The molecule has 7 heteroatoms. The van der Waals surface area contributed by atoms with Gasteiger partial charge in [-0.2, -0.15) is 0 Å². The molecule has 0 aromatic heterocycles. The van der Waals surface area contributed by atoms with E-state index in [0.29, 0.717) is 31.7 Å². The normalized spacial score (nSPS) is 17.4. The third kappa shape index (κ3) is 5.83. The minimum absolute atomic E-state index is 0.0216. The summed E-state index contributed by atoms with van der Waals surface area (Å²) in [5.41, 5.74) is 2.74. The third-order valence-corrected chi connectivity index (χ3v) is 5.90. The molecular formula is C24H30N4O3. The van der Waals surface area contributed by atoms with Crippen LogP contribution in [-0.4, -0.2) is 85.7 Å². The Balaban J connectivity index is 1.22. The molecule has 2 aliphatic heterocycles. The predicted molar refractivity (Wildman–Crippen MR) is 120 cm³/mol. The summed E-state index contributed by atoms with van der Waals surface area (Å²) < 4.78 is 5.39. The van der Waals surface area contributed by atoms with E-state index < -0.39 is 0 Å². The number of morpholine rings is 1. The minimum Gasteiger partial charge on any atom is -0.379 e. The summed E-state index contributed by atoms with van der Waals surface area (Å²) in [5, 5.41) is 2.98. The molecule has 0 bridgehead atoms. The molecule has 0 spiro atoms. The Hall–Kier alpha value is -2.90. The molecule has 2 fully saturated rings. The van der Waals surface area contributed by atoms with Gasteiger partial charge in [0.25, 0.3) is 5.91 Å². The predicted octanol–water partition coefficient (Wildman–Crippen LogP) is 2.55. The van der Waals surface area contributed by atoms with Gasteiger partial charge in [-0.15, -0.1) is 0 Å². The Morgan fingerprint density at radius 2 is 1.45 bits per heavy atom. The number of piperazine rings is 1. The summed E-state index contributed by atoms with van der Waals surface area (Å²) in [6.07, 6.45) is 0.992. The third-order valence-electron chi connectivity index (χ3n) is 5.90. The van der Waals surface area contributed by atoms with Crippen molar-refractivity contribution >= 4 is 17.6 Å². The van der Waals surface area contributed by atoms with Crippen molar-refractivity contribution < 1.29 is 14.3 Å². The van der Waals surface area contributed by atoms with Gasteiger partial charge >= 0.3 is 6.03 Å². The molecule has 3 amide bonds. The molecule has 7 nitrogen and oxygen atoms in total. The van der Waals surface area contributed by atoms with Crippen LogP contribution in [0.5, 0.6) is 0 Å². The molecule has 0 unspecified atom stereocenters. The van der Waals surface area contributed by atoms with Crippen molar-refractivity contribution in [1.82, 2.24) is 14.7 Å². The van der Waals surface area contributed by atoms with E-state index >= 15 is 0 Å². The standard InChI is InChI=1S/C24H30N4O3/c29-23(21-4-2-1-3-5-21)27-12-14-28(15-13-27)24(30)25-22-8-6-20(7-9-22)10-11-26-16-18-31-19-17-26/h1-9H,10-19H2,(H,25,30). The first-order valence-corrected chi connectivity index (χ1v) is 11.0. The number of amides is 3. The number of nitrogens with zero attached hydrogens (tertiary/aromatic N) is 3. The lowest BCUT2D eigenvalue weighted by Crippen LogP contribution is -2.51. The number of carbonyl (C=O) groups excluding carboxylic acids is 2. The lowest BCUT2D eigenvalue weighted by molar-refractivity contribution is 0.0384. The maximum atomic E-state index is 12.6. The van der Waals surface area contributed by atoms with Crippen molar-refractivity contribution in [2.24, 2.45) is 0 Å². The first-order valence-electron chi connectivity index (χ1n) is 11.0. The zero-order valence-electron chi connectivity index (χ0n) is 17.8. The second-order valence-corrected chi connectivity index (χ2v) is 7.98. The van der Waals surface area contributed by atoms with Crippen molar-refractivity contribution in [3.05, 3.63) is 65.7 Å². The summed E-state index contributed by atoms with van der Waals surface area (Å²) in [5.74, 6) is 0.0216. The van der Waals surface area contributed by atoms with E-state index in [1.807, 2.05) is 47.4 Å². The summed E-state index contributed by atoms with van der Waals surface area (Å²) in [6.45, 7) is 6.81. The number of carbonyl (C=O) groups is 2. The Bertz CT molecular complexity index is 858. The van der Waals surface area contributed by atoms with E-state index in [1.165, 1.54) is 5.56 Å². The molecule has 31 heavy (non-hydrogen) atoms. The number of hydrogen-bond donors (Lipinski definition) is 1. The van der Waals surface area contributed by atoms with Crippen molar-refractivity contribution in [3.8, 4) is 0 Å². The SMILES string of the molecule is O=C(Nc1ccc(CCN2CCOCC2)cc1)N1CCN(C(=O)c2ccccc2)CC1. The van der Waals surface area contributed by atoms with Crippen LogP contribution in [0.25, 0.3) is 0 Å². The average molecular weight is 423 g/mol.